The molecule has 0 aliphatic carbocycles. The smallest absolute Gasteiger partial charge is 0.229 e. The Balaban J connectivity index is 1.42. The average Bonchev–Trinajstić information content (AvgIpc) is 3.32. The minimum Gasteiger partial charge on any atom is -0.346 e. The number of benzene rings is 1. The Hall–Kier alpha value is -2.48. The number of aromatic nitrogens is 2. The molecule has 0 radical (unpaired) electrons. The number of aryl methyl sites for hydroxylation is 1. The van der Waals surface area contributed by atoms with Gasteiger partial charge in [0.05, 0.1) is 5.92 Å². The minimum atomic E-state index is -0.0841. The monoisotopic (exact) mass is 385 g/mol. The molecule has 2 aromatic rings. The number of nitrogens with one attached hydrogen (secondary N) is 1. The Morgan fingerprint density at radius 2 is 2.00 bits per heavy atom. The van der Waals surface area contributed by atoms with Gasteiger partial charge in [-0.25, -0.2) is 0 Å². The maximum atomic E-state index is 12.7. The molecule has 2 amide bonds. The summed E-state index contributed by atoms with van der Waals surface area (Å²) < 4.78 is 0. The van der Waals surface area contributed by atoms with Crippen LogP contribution in [0.3, 0.4) is 0 Å². The molecule has 1 aromatic heterocycles. The summed E-state index contributed by atoms with van der Waals surface area (Å²) in [5.74, 6) is 0.0828. The maximum absolute atomic E-state index is 12.7. The molecule has 27 heavy (non-hydrogen) atoms. The van der Waals surface area contributed by atoms with Gasteiger partial charge >= 0.3 is 0 Å². The molecule has 8 heteroatoms. The zero-order valence-electron chi connectivity index (χ0n) is 15.4. The fourth-order valence-corrected chi connectivity index (χ4v) is 4.53. The summed E-state index contributed by atoms with van der Waals surface area (Å²) in [5, 5.41) is 13.0. The molecule has 4 rings (SSSR count). The number of carbonyl (C=O) groups is 2. The number of rotatable bonds is 4. The second-order valence-electron chi connectivity index (χ2n) is 7.11. The largest absolute Gasteiger partial charge is 0.346 e. The van der Waals surface area contributed by atoms with E-state index in [1.165, 1.54) is 11.3 Å². The van der Waals surface area contributed by atoms with E-state index in [2.05, 4.69) is 20.4 Å². The third-order valence-corrected chi connectivity index (χ3v) is 6.18. The number of nitrogens with zero attached hydrogens (tertiary/aromatic N) is 4. The van der Waals surface area contributed by atoms with Gasteiger partial charge in [-0.05, 0) is 37.8 Å². The first-order valence-corrected chi connectivity index (χ1v) is 10.2. The topological polar surface area (TPSA) is 78.4 Å². The molecular weight excluding hydrogens is 362 g/mol. The third kappa shape index (κ3) is 3.80. The first-order valence-electron chi connectivity index (χ1n) is 9.37. The summed E-state index contributed by atoms with van der Waals surface area (Å²) in [6, 6.07) is 7.81. The molecule has 1 N–H and O–H groups in total. The van der Waals surface area contributed by atoms with Crippen LogP contribution in [0.2, 0.25) is 0 Å². The van der Waals surface area contributed by atoms with Gasteiger partial charge in [0.2, 0.25) is 22.1 Å². The first-order chi connectivity index (χ1) is 13.1. The molecule has 7 nitrogen and oxygen atoms in total. The number of amides is 2. The SMILES string of the molecule is Cc1ccccc1NC(=O)[C@@H]1CCCN(c2nnc(N3CCCC3=O)s2)C1. The predicted molar refractivity (Wildman–Crippen MR) is 106 cm³/mol. The lowest BCUT2D eigenvalue weighted by molar-refractivity contribution is -0.120. The standard InChI is InChI=1S/C19H23N5O2S/c1-13-6-2-3-8-15(13)20-17(26)14-7-4-10-23(12-14)18-21-22-19(27-18)24-11-5-9-16(24)25/h2-3,6,8,14H,4-5,7,9-12H2,1H3,(H,20,26)/t14-/m1/s1. The lowest BCUT2D eigenvalue weighted by Crippen LogP contribution is -2.40. The van der Waals surface area contributed by atoms with Crippen LogP contribution in [0.1, 0.15) is 31.2 Å². The second-order valence-corrected chi connectivity index (χ2v) is 8.04. The van der Waals surface area contributed by atoms with Gasteiger partial charge in [0, 0.05) is 31.7 Å². The van der Waals surface area contributed by atoms with E-state index in [1.54, 1.807) is 4.90 Å². The molecule has 0 bridgehead atoms. The Morgan fingerprint density at radius 3 is 2.78 bits per heavy atom. The lowest BCUT2D eigenvalue weighted by Gasteiger charge is -2.31. The van der Waals surface area contributed by atoms with Crippen molar-refractivity contribution in [3.63, 3.8) is 0 Å². The zero-order valence-corrected chi connectivity index (χ0v) is 16.2. The fraction of sp³-hybridized carbons (Fsp3) is 0.474. The van der Waals surface area contributed by atoms with E-state index in [-0.39, 0.29) is 17.7 Å². The molecule has 0 unspecified atom stereocenters. The van der Waals surface area contributed by atoms with Crippen LogP contribution in [-0.2, 0) is 9.59 Å². The Morgan fingerprint density at radius 1 is 1.19 bits per heavy atom. The van der Waals surface area contributed by atoms with Crippen molar-refractivity contribution in [1.29, 1.82) is 0 Å². The molecule has 0 spiro atoms. The molecule has 1 atom stereocenters. The van der Waals surface area contributed by atoms with Crippen LogP contribution in [0.25, 0.3) is 0 Å². The van der Waals surface area contributed by atoms with Crippen LogP contribution < -0.4 is 15.1 Å². The number of carbonyl (C=O) groups excluding carboxylic acids is 2. The summed E-state index contributed by atoms with van der Waals surface area (Å²) >= 11 is 1.44. The van der Waals surface area contributed by atoms with Crippen molar-refractivity contribution in [2.24, 2.45) is 5.92 Å². The van der Waals surface area contributed by atoms with Crippen LogP contribution >= 0.6 is 11.3 Å². The molecule has 2 saturated heterocycles. The lowest BCUT2D eigenvalue weighted by atomic mass is 9.97. The molecule has 2 aliphatic heterocycles. The van der Waals surface area contributed by atoms with Crippen molar-refractivity contribution in [2.75, 3.05) is 34.8 Å². The summed E-state index contributed by atoms with van der Waals surface area (Å²) in [5.41, 5.74) is 1.92. The highest BCUT2D eigenvalue weighted by atomic mass is 32.1. The Labute approximate surface area is 162 Å². The number of para-hydroxylation sites is 1. The first kappa shape index (κ1) is 17.9. The van der Waals surface area contributed by atoms with Crippen molar-refractivity contribution < 1.29 is 9.59 Å². The minimum absolute atomic E-state index is 0.0495. The van der Waals surface area contributed by atoms with Gasteiger partial charge in [-0.1, -0.05) is 29.5 Å². The third-order valence-electron chi connectivity index (χ3n) is 5.17. The molecule has 3 heterocycles. The number of anilines is 3. The summed E-state index contributed by atoms with van der Waals surface area (Å²) in [7, 11) is 0. The van der Waals surface area contributed by atoms with E-state index in [1.807, 2.05) is 31.2 Å². The Kier molecular flexibility index (Phi) is 5.07. The van der Waals surface area contributed by atoms with E-state index < -0.39 is 0 Å². The molecular formula is C19H23N5O2S. The zero-order chi connectivity index (χ0) is 18.8. The van der Waals surface area contributed by atoms with Crippen molar-refractivity contribution in [3.05, 3.63) is 29.8 Å². The number of hydrogen-bond acceptors (Lipinski definition) is 6. The van der Waals surface area contributed by atoms with Crippen molar-refractivity contribution in [2.45, 2.75) is 32.6 Å². The van der Waals surface area contributed by atoms with Crippen molar-refractivity contribution >= 4 is 39.1 Å². The molecule has 0 saturated carbocycles. The highest BCUT2D eigenvalue weighted by molar-refractivity contribution is 7.19. The van der Waals surface area contributed by atoms with Gasteiger partial charge in [-0.2, -0.15) is 0 Å². The highest BCUT2D eigenvalue weighted by Gasteiger charge is 2.30. The van der Waals surface area contributed by atoms with Gasteiger partial charge in [0.1, 0.15) is 0 Å². The normalized spacial score (nSPS) is 20.2. The van der Waals surface area contributed by atoms with Crippen LogP contribution in [0, 0.1) is 12.8 Å². The van der Waals surface area contributed by atoms with Crippen LogP contribution in [-0.4, -0.2) is 41.6 Å². The molecule has 142 valence electrons. The van der Waals surface area contributed by atoms with Gasteiger partial charge in [0.25, 0.3) is 0 Å². The van der Waals surface area contributed by atoms with E-state index >= 15 is 0 Å². The summed E-state index contributed by atoms with van der Waals surface area (Å²) in [6.07, 6.45) is 3.26. The Bertz CT molecular complexity index is 852. The fourth-order valence-electron chi connectivity index (χ4n) is 3.61. The van der Waals surface area contributed by atoms with E-state index in [0.717, 1.165) is 48.7 Å². The summed E-state index contributed by atoms with van der Waals surface area (Å²) in [6.45, 7) is 4.19. The van der Waals surface area contributed by atoms with Crippen LogP contribution in [0.4, 0.5) is 16.0 Å². The van der Waals surface area contributed by atoms with E-state index in [4.69, 9.17) is 0 Å². The maximum Gasteiger partial charge on any atom is 0.229 e. The molecule has 2 aliphatic rings. The van der Waals surface area contributed by atoms with Gasteiger partial charge in [-0.15, -0.1) is 10.2 Å². The second kappa shape index (κ2) is 7.64. The quantitative estimate of drug-likeness (QED) is 0.876. The van der Waals surface area contributed by atoms with E-state index in [0.29, 0.717) is 18.1 Å². The van der Waals surface area contributed by atoms with Gasteiger partial charge in [-0.3, -0.25) is 14.5 Å². The van der Waals surface area contributed by atoms with Crippen LogP contribution in [0.5, 0.6) is 0 Å². The number of hydrogen-bond donors (Lipinski definition) is 1. The predicted octanol–water partition coefficient (Wildman–Crippen LogP) is 2.83. The average molecular weight is 385 g/mol. The highest BCUT2D eigenvalue weighted by Crippen LogP contribution is 2.32. The van der Waals surface area contributed by atoms with Crippen molar-refractivity contribution in [3.8, 4) is 0 Å². The molecule has 2 fully saturated rings. The van der Waals surface area contributed by atoms with Crippen molar-refractivity contribution in [1.82, 2.24) is 10.2 Å². The van der Waals surface area contributed by atoms with Gasteiger partial charge < -0.3 is 10.2 Å². The van der Waals surface area contributed by atoms with Crippen LogP contribution in [0.15, 0.2) is 24.3 Å². The van der Waals surface area contributed by atoms with Gasteiger partial charge in [0.15, 0.2) is 0 Å². The van der Waals surface area contributed by atoms with E-state index in [9.17, 15) is 9.59 Å². The number of piperidine rings is 1. The molecule has 1 aromatic carbocycles. The summed E-state index contributed by atoms with van der Waals surface area (Å²) in [4.78, 5) is 28.5.